The van der Waals surface area contributed by atoms with Crippen molar-refractivity contribution in [1.82, 2.24) is 4.90 Å². The molecule has 2 heterocycles. The van der Waals surface area contributed by atoms with E-state index < -0.39 is 0 Å². The third-order valence-corrected chi connectivity index (χ3v) is 5.90. The van der Waals surface area contributed by atoms with Gasteiger partial charge >= 0.3 is 0 Å². The lowest BCUT2D eigenvalue weighted by Crippen LogP contribution is -2.53. The van der Waals surface area contributed by atoms with Gasteiger partial charge in [-0.3, -0.25) is 4.79 Å². The number of benzene rings is 1. The lowest BCUT2D eigenvalue weighted by Gasteiger charge is -2.39. The average Bonchev–Trinajstić information content (AvgIpc) is 3.23. The van der Waals surface area contributed by atoms with Crippen LogP contribution in [0, 0.1) is 0 Å². The molecule has 4 nitrogen and oxygen atoms in total. The highest BCUT2D eigenvalue weighted by molar-refractivity contribution is 7.17. The molecule has 3 atom stereocenters. The topological polar surface area (TPSA) is 38.8 Å². The van der Waals surface area contributed by atoms with Gasteiger partial charge in [-0.2, -0.15) is 0 Å². The summed E-state index contributed by atoms with van der Waals surface area (Å²) in [7, 11) is 0. The summed E-state index contributed by atoms with van der Waals surface area (Å²) in [5.41, 5.74) is 0.812. The summed E-state index contributed by atoms with van der Waals surface area (Å²) in [6, 6.07) is 8.20. The molecule has 4 rings (SSSR count). The fraction of sp³-hybridized carbons (Fsp3) is 0.421. The molecule has 0 radical (unpaired) electrons. The van der Waals surface area contributed by atoms with Crippen LogP contribution in [0.1, 0.15) is 23.2 Å². The number of rotatable bonds is 4. The molecule has 2 fully saturated rings. The summed E-state index contributed by atoms with van der Waals surface area (Å²) in [5, 5.41) is 3.03. The number of ether oxygens (including phenoxy) is 2. The molecule has 1 aromatic carbocycles. The summed E-state index contributed by atoms with van der Waals surface area (Å²) < 4.78 is 12.9. The minimum Gasteiger partial charge on any atom is -0.372 e. The SMILES string of the molecule is C=CCO[C@@H]1CC[C@@H]2[C@H]1OCCN2C(=O)c1csc2ccccc12. The van der Waals surface area contributed by atoms with Gasteiger partial charge in [0.25, 0.3) is 5.91 Å². The van der Waals surface area contributed by atoms with Crippen molar-refractivity contribution in [2.24, 2.45) is 0 Å². The second kappa shape index (κ2) is 6.67. The molecule has 126 valence electrons. The Morgan fingerprint density at radius 1 is 1.42 bits per heavy atom. The van der Waals surface area contributed by atoms with Gasteiger partial charge in [-0.05, 0) is 18.9 Å². The van der Waals surface area contributed by atoms with Gasteiger partial charge in [-0.15, -0.1) is 17.9 Å². The van der Waals surface area contributed by atoms with Crippen LogP contribution in [0.4, 0.5) is 0 Å². The fourth-order valence-electron chi connectivity index (χ4n) is 3.84. The Labute approximate surface area is 145 Å². The number of carbonyl (C=O) groups excluding carboxylic acids is 1. The molecule has 0 bridgehead atoms. The molecule has 1 aliphatic carbocycles. The minimum absolute atomic E-state index is 0.0208. The summed E-state index contributed by atoms with van der Waals surface area (Å²) >= 11 is 1.63. The molecule has 1 saturated heterocycles. The van der Waals surface area contributed by atoms with Gasteiger partial charge in [0.05, 0.1) is 30.9 Å². The first kappa shape index (κ1) is 15.8. The highest BCUT2D eigenvalue weighted by Gasteiger charge is 2.45. The maximum atomic E-state index is 13.2. The number of carbonyl (C=O) groups is 1. The van der Waals surface area contributed by atoms with Gasteiger partial charge in [0, 0.05) is 22.0 Å². The van der Waals surface area contributed by atoms with E-state index in [0.717, 1.165) is 28.5 Å². The van der Waals surface area contributed by atoms with Crippen LogP contribution in [0.3, 0.4) is 0 Å². The monoisotopic (exact) mass is 343 g/mol. The molecule has 1 aliphatic heterocycles. The number of thiophene rings is 1. The van der Waals surface area contributed by atoms with Crippen molar-refractivity contribution >= 4 is 27.3 Å². The molecule has 5 heteroatoms. The van der Waals surface area contributed by atoms with Crippen molar-refractivity contribution in [1.29, 1.82) is 0 Å². The molecular weight excluding hydrogens is 322 g/mol. The maximum absolute atomic E-state index is 13.2. The molecule has 0 spiro atoms. The van der Waals surface area contributed by atoms with Crippen LogP contribution in [0.15, 0.2) is 42.3 Å². The van der Waals surface area contributed by atoms with Crippen LogP contribution in [0.25, 0.3) is 10.1 Å². The van der Waals surface area contributed by atoms with E-state index in [0.29, 0.717) is 19.8 Å². The Morgan fingerprint density at radius 3 is 3.17 bits per heavy atom. The van der Waals surface area contributed by atoms with Gasteiger partial charge in [-0.25, -0.2) is 0 Å². The predicted octanol–water partition coefficient (Wildman–Crippen LogP) is 3.48. The molecule has 2 aliphatic rings. The zero-order valence-electron chi connectivity index (χ0n) is 13.5. The highest BCUT2D eigenvalue weighted by atomic mass is 32.1. The molecule has 1 amide bonds. The number of hydrogen-bond donors (Lipinski definition) is 0. The van der Waals surface area contributed by atoms with E-state index in [4.69, 9.17) is 9.47 Å². The van der Waals surface area contributed by atoms with E-state index in [1.54, 1.807) is 17.4 Å². The van der Waals surface area contributed by atoms with E-state index >= 15 is 0 Å². The summed E-state index contributed by atoms with van der Waals surface area (Å²) in [4.78, 5) is 15.2. The maximum Gasteiger partial charge on any atom is 0.255 e. The Kier molecular flexibility index (Phi) is 4.39. The summed E-state index contributed by atoms with van der Waals surface area (Å²) in [6.45, 7) is 5.45. The number of nitrogens with zero attached hydrogens (tertiary/aromatic N) is 1. The molecular formula is C19H21NO3S. The Hall–Kier alpha value is -1.69. The van der Waals surface area contributed by atoms with Gasteiger partial charge in [0.1, 0.15) is 6.10 Å². The molecule has 1 aromatic heterocycles. The third kappa shape index (κ3) is 2.66. The van der Waals surface area contributed by atoms with E-state index in [9.17, 15) is 4.79 Å². The third-order valence-electron chi connectivity index (χ3n) is 4.94. The van der Waals surface area contributed by atoms with Gasteiger partial charge in [0.15, 0.2) is 0 Å². The van der Waals surface area contributed by atoms with Crippen LogP contribution >= 0.6 is 11.3 Å². The molecule has 1 saturated carbocycles. The molecule has 0 unspecified atom stereocenters. The van der Waals surface area contributed by atoms with E-state index in [2.05, 4.69) is 12.6 Å². The standard InChI is InChI=1S/C19H21NO3S/c1-2-10-22-16-8-7-15-18(16)23-11-9-20(15)19(21)14-12-24-17-6-4-3-5-13(14)17/h2-6,12,15-16,18H,1,7-11H2/t15-,16-,18-/m1/s1. The predicted molar refractivity (Wildman–Crippen MR) is 95.6 cm³/mol. The summed E-state index contributed by atoms with van der Waals surface area (Å²) in [5.74, 6) is 0.120. The average molecular weight is 343 g/mol. The quantitative estimate of drug-likeness (QED) is 0.798. The largest absolute Gasteiger partial charge is 0.372 e. The number of amides is 1. The Morgan fingerprint density at radius 2 is 2.29 bits per heavy atom. The minimum atomic E-state index is -0.0208. The lowest BCUT2D eigenvalue weighted by atomic mass is 10.1. The van der Waals surface area contributed by atoms with Crippen LogP contribution < -0.4 is 0 Å². The van der Waals surface area contributed by atoms with Gasteiger partial charge in [0.2, 0.25) is 0 Å². The fourth-order valence-corrected chi connectivity index (χ4v) is 4.77. The van der Waals surface area contributed by atoms with Gasteiger partial charge in [-0.1, -0.05) is 24.3 Å². The number of fused-ring (bicyclic) bond motifs is 2. The van der Waals surface area contributed by atoms with Crippen LogP contribution in [-0.2, 0) is 9.47 Å². The first-order chi connectivity index (χ1) is 11.8. The van der Waals surface area contributed by atoms with Crippen LogP contribution in [0.2, 0.25) is 0 Å². The van der Waals surface area contributed by atoms with Crippen molar-refractivity contribution in [3.63, 3.8) is 0 Å². The lowest BCUT2D eigenvalue weighted by molar-refractivity contribution is -0.100. The van der Waals surface area contributed by atoms with E-state index in [1.807, 2.05) is 28.5 Å². The molecule has 2 aromatic rings. The zero-order chi connectivity index (χ0) is 16.5. The normalized spacial score (nSPS) is 26.5. The van der Waals surface area contributed by atoms with Crippen molar-refractivity contribution in [2.45, 2.75) is 31.1 Å². The highest BCUT2D eigenvalue weighted by Crippen LogP contribution is 2.34. The van der Waals surface area contributed by atoms with Gasteiger partial charge < -0.3 is 14.4 Å². The second-order valence-corrected chi connectivity index (χ2v) is 7.20. The second-order valence-electron chi connectivity index (χ2n) is 6.28. The van der Waals surface area contributed by atoms with E-state index in [-0.39, 0.29) is 24.2 Å². The smallest absolute Gasteiger partial charge is 0.255 e. The van der Waals surface area contributed by atoms with Crippen molar-refractivity contribution in [3.8, 4) is 0 Å². The first-order valence-corrected chi connectivity index (χ1v) is 9.29. The Balaban J connectivity index is 1.57. The molecule has 24 heavy (non-hydrogen) atoms. The molecule has 0 N–H and O–H groups in total. The Bertz CT molecular complexity index is 756. The first-order valence-electron chi connectivity index (χ1n) is 8.41. The van der Waals surface area contributed by atoms with Crippen LogP contribution in [0.5, 0.6) is 0 Å². The van der Waals surface area contributed by atoms with Crippen molar-refractivity contribution < 1.29 is 14.3 Å². The van der Waals surface area contributed by atoms with Crippen molar-refractivity contribution in [3.05, 3.63) is 47.9 Å². The zero-order valence-corrected chi connectivity index (χ0v) is 14.3. The number of morpholine rings is 1. The van der Waals surface area contributed by atoms with Crippen LogP contribution in [-0.4, -0.2) is 48.8 Å². The summed E-state index contributed by atoms with van der Waals surface area (Å²) in [6.07, 6.45) is 3.66. The number of hydrogen-bond acceptors (Lipinski definition) is 4. The van der Waals surface area contributed by atoms with E-state index in [1.165, 1.54) is 0 Å². The van der Waals surface area contributed by atoms with Crippen molar-refractivity contribution in [2.75, 3.05) is 19.8 Å².